The molecule has 0 heterocycles. The van der Waals surface area contributed by atoms with Crippen molar-refractivity contribution in [2.75, 3.05) is 20.7 Å². The first kappa shape index (κ1) is 21.4. The van der Waals surface area contributed by atoms with Crippen molar-refractivity contribution in [2.24, 2.45) is 5.10 Å². The number of benzene rings is 2. The van der Waals surface area contributed by atoms with Gasteiger partial charge in [-0.3, -0.25) is 4.79 Å². The van der Waals surface area contributed by atoms with Crippen LogP contribution in [-0.2, 0) is 14.8 Å². The molecular formula is C17H17BrClN3O4S. The van der Waals surface area contributed by atoms with E-state index in [1.54, 1.807) is 0 Å². The Labute approximate surface area is 171 Å². The molecule has 0 aromatic heterocycles. The van der Waals surface area contributed by atoms with Gasteiger partial charge in [0.05, 0.1) is 29.8 Å². The third-order valence-electron chi connectivity index (χ3n) is 3.47. The molecule has 0 aliphatic carbocycles. The smallest absolute Gasteiger partial charge is 0.255 e. The minimum absolute atomic E-state index is 0.0398. The number of sulfonamides is 1. The molecule has 2 aromatic rings. The Bertz CT molecular complexity index is 949. The van der Waals surface area contributed by atoms with Crippen molar-refractivity contribution in [2.45, 2.75) is 4.90 Å². The lowest BCUT2D eigenvalue weighted by Gasteiger charge is -2.16. The lowest BCUT2D eigenvalue weighted by atomic mass is 10.2. The van der Waals surface area contributed by atoms with Gasteiger partial charge in [0.2, 0.25) is 10.0 Å². The van der Waals surface area contributed by atoms with Gasteiger partial charge in [-0.15, -0.1) is 0 Å². The summed E-state index contributed by atoms with van der Waals surface area (Å²) in [7, 11) is -1.16. The van der Waals surface area contributed by atoms with Gasteiger partial charge >= 0.3 is 0 Å². The first-order valence-electron chi connectivity index (χ1n) is 7.61. The fraction of sp³-hybridized carbons (Fsp3) is 0.176. The molecule has 0 radical (unpaired) electrons. The number of nitrogens with one attached hydrogen (secondary N) is 1. The number of hydrazone groups is 1. The average molecular weight is 475 g/mol. The Morgan fingerprint density at radius 2 is 1.96 bits per heavy atom. The fourth-order valence-corrected chi connectivity index (χ4v) is 3.78. The highest BCUT2D eigenvalue weighted by Crippen LogP contribution is 2.27. The zero-order valence-corrected chi connectivity index (χ0v) is 17.7. The van der Waals surface area contributed by atoms with Crippen molar-refractivity contribution in [3.8, 4) is 5.75 Å². The number of nitrogens with zero attached hydrogens (tertiary/aromatic N) is 2. The third kappa shape index (κ3) is 5.77. The molecule has 0 fully saturated rings. The van der Waals surface area contributed by atoms with Crippen LogP contribution in [0.5, 0.6) is 5.75 Å². The molecule has 1 N–H and O–H groups in total. The summed E-state index contributed by atoms with van der Waals surface area (Å²) >= 11 is 9.30. The van der Waals surface area contributed by atoms with Crippen LogP contribution in [0, 0.1) is 0 Å². The van der Waals surface area contributed by atoms with Crippen molar-refractivity contribution in [1.82, 2.24) is 9.73 Å². The Morgan fingerprint density at radius 3 is 2.56 bits per heavy atom. The van der Waals surface area contributed by atoms with E-state index < -0.39 is 22.5 Å². The molecule has 0 bridgehead atoms. The monoisotopic (exact) mass is 473 g/mol. The molecule has 0 saturated carbocycles. The highest BCUT2D eigenvalue weighted by molar-refractivity contribution is 9.10. The third-order valence-corrected chi connectivity index (χ3v) is 6.09. The maximum atomic E-state index is 12.6. The molecule has 144 valence electrons. The Balaban J connectivity index is 2.00. The molecule has 7 nitrogen and oxygen atoms in total. The van der Waals surface area contributed by atoms with Gasteiger partial charge in [0.15, 0.2) is 0 Å². The van der Waals surface area contributed by atoms with Crippen molar-refractivity contribution in [3.05, 3.63) is 57.5 Å². The summed E-state index contributed by atoms with van der Waals surface area (Å²) in [5, 5.41) is 3.98. The topological polar surface area (TPSA) is 88.1 Å². The van der Waals surface area contributed by atoms with Gasteiger partial charge < -0.3 is 4.74 Å². The van der Waals surface area contributed by atoms with E-state index in [0.29, 0.717) is 5.75 Å². The van der Waals surface area contributed by atoms with Crippen LogP contribution in [-0.4, -0.2) is 45.5 Å². The normalized spacial score (nSPS) is 11.7. The van der Waals surface area contributed by atoms with E-state index in [2.05, 4.69) is 26.5 Å². The Kier molecular flexibility index (Phi) is 7.37. The van der Waals surface area contributed by atoms with Crippen LogP contribution in [0.3, 0.4) is 0 Å². The molecule has 0 aliphatic rings. The summed E-state index contributed by atoms with van der Waals surface area (Å²) in [5.41, 5.74) is 3.08. The standard InChI is InChI=1S/C17H17BrClN3O4S/c1-22(27(24,25)14-7-8-16(26-2)15(19)9-14)11-17(23)21-20-10-12-3-5-13(18)6-4-12/h3-10H,11H2,1-2H3,(H,21,23)/b20-10+. The number of methoxy groups -OCH3 is 1. The molecule has 0 aliphatic heterocycles. The van der Waals surface area contributed by atoms with E-state index >= 15 is 0 Å². The first-order chi connectivity index (χ1) is 12.7. The number of hydrogen-bond acceptors (Lipinski definition) is 5. The maximum Gasteiger partial charge on any atom is 0.255 e. The summed E-state index contributed by atoms with van der Waals surface area (Å²) in [6, 6.07) is 11.4. The molecule has 1 amide bonds. The van der Waals surface area contributed by atoms with Crippen molar-refractivity contribution < 1.29 is 17.9 Å². The number of hydrogen-bond donors (Lipinski definition) is 1. The van der Waals surface area contributed by atoms with Gasteiger partial charge in [-0.2, -0.15) is 9.41 Å². The highest BCUT2D eigenvalue weighted by atomic mass is 79.9. The maximum absolute atomic E-state index is 12.6. The predicted octanol–water partition coefficient (Wildman–Crippen LogP) is 2.88. The minimum Gasteiger partial charge on any atom is -0.495 e. The summed E-state index contributed by atoms with van der Waals surface area (Å²) in [4.78, 5) is 11.9. The van der Waals surface area contributed by atoms with Crippen molar-refractivity contribution >= 4 is 49.7 Å². The van der Waals surface area contributed by atoms with E-state index in [0.717, 1.165) is 14.3 Å². The van der Waals surface area contributed by atoms with Crippen LogP contribution in [0.4, 0.5) is 0 Å². The van der Waals surface area contributed by atoms with Crippen LogP contribution in [0.2, 0.25) is 5.02 Å². The first-order valence-corrected chi connectivity index (χ1v) is 10.2. The zero-order valence-electron chi connectivity index (χ0n) is 14.5. The van der Waals surface area contributed by atoms with Crippen LogP contribution < -0.4 is 10.2 Å². The molecule has 0 saturated heterocycles. The van der Waals surface area contributed by atoms with Crippen LogP contribution in [0.15, 0.2) is 56.9 Å². The van der Waals surface area contributed by atoms with Gasteiger partial charge in [-0.25, -0.2) is 13.8 Å². The van der Waals surface area contributed by atoms with E-state index in [9.17, 15) is 13.2 Å². The molecule has 0 atom stereocenters. The van der Waals surface area contributed by atoms with Crippen LogP contribution in [0.25, 0.3) is 0 Å². The van der Waals surface area contributed by atoms with Crippen molar-refractivity contribution in [3.63, 3.8) is 0 Å². The van der Waals surface area contributed by atoms with E-state index in [4.69, 9.17) is 16.3 Å². The second kappa shape index (κ2) is 9.32. The number of carbonyl (C=O) groups excluding carboxylic acids is 1. The zero-order chi connectivity index (χ0) is 20.0. The Hall–Kier alpha value is -1.94. The van der Waals surface area contributed by atoms with Gasteiger partial charge in [0.1, 0.15) is 5.75 Å². The molecule has 0 unspecified atom stereocenters. The summed E-state index contributed by atoms with van der Waals surface area (Å²) in [6.45, 7) is -0.399. The second-order valence-electron chi connectivity index (χ2n) is 5.40. The van der Waals surface area contributed by atoms with E-state index in [1.165, 1.54) is 38.6 Å². The molecule has 27 heavy (non-hydrogen) atoms. The van der Waals surface area contributed by atoms with E-state index in [1.807, 2.05) is 24.3 Å². The Morgan fingerprint density at radius 1 is 1.30 bits per heavy atom. The average Bonchev–Trinajstić information content (AvgIpc) is 2.63. The summed E-state index contributed by atoms with van der Waals surface area (Å²) < 4.78 is 31.9. The number of halogens is 2. The van der Waals surface area contributed by atoms with Gasteiger partial charge in [-0.1, -0.05) is 39.7 Å². The molecule has 0 spiro atoms. The van der Waals surface area contributed by atoms with Gasteiger partial charge in [-0.05, 0) is 35.9 Å². The second-order valence-corrected chi connectivity index (χ2v) is 8.77. The summed E-state index contributed by atoms with van der Waals surface area (Å²) in [5.74, 6) is -0.215. The number of rotatable bonds is 7. The molecular weight excluding hydrogens is 458 g/mol. The molecule has 2 aromatic carbocycles. The van der Waals surface area contributed by atoms with Crippen molar-refractivity contribution in [1.29, 1.82) is 0 Å². The molecule has 10 heteroatoms. The number of amides is 1. The molecule has 2 rings (SSSR count). The van der Waals surface area contributed by atoms with Crippen LogP contribution >= 0.6 is 27.5 Å². The minimum atomic E-state index is -3.89. The van der Waals surface area contributed by atoms with E-state index in [-0.39, 0.29) is 9.92 Å². The van der Waals surface area contributed by atoms with Gasteiger partial charge in [0, 0.05) is 11.5 Å². The number of ether oxygens (including phenoxy) is 1. The van der Waals surface area contributed by atoms with Gasteiger partial charge in [0.25, 0.3) is 5.91 Å². The lowest BCUT2D eigenvalue weighted by molar-refractivity contribution is -0.121. The largest absolute Gasteiger partial charge is 0.495 e. The highest BCUT2D eigenvalue weighted by Gasteiger charge is 2.23. The van der Waals surface area contributed by atoms with Crippen LogP contribution in [0.1, 0.15) is 5.56 Å². The number of likely N-dealkylation sites (N-methyl/N-ethyl adjacent to an activating group) is 1. The predicted molar refractivity (Wildman–Crippen MR) is 108 cm³/mol. The number of carbonyl (C=O) groups is 1. The lowest BCUT2D eigenvalue weighted by Crippen LogP contribution is -2.36. The SMILES string of the molecule is COc1ccc(S(=O)(=O)N(C)CC(=O)N/N=C/c2ccc(Br)cc2)cc1Cl. The summed E-state index contributed by atoms with van der Waals surface area (Å²) in [6.07, 6.45) is 1.46. The fourth-order valence-electron chi connectivity index (χ4n) is 2.04. The quantitative estimate of drug-likeness (QED) is 0.494.